The zero-order valence-corrected chi connectivity index (χ0v) is 15.6. The molecule has 2 N–H and O–H groups in total. The molecule has 0 bridgehead atoms. The molecule has 5 nitrogen and oxygen atoms in total. The van der Waals surface area contributed by atoms with Crippen LogP contribution in [0.25, 0.3) is 0 Å². The molecule has 0 aliphatic carbocycles. The van der Waals surface area contributed by atoms with Gasteiger partial charge in [0.15, 0.2) is 11.5 Å². The summed E-state index contributed by atoms with van der Waals surface area (Å²) in [6.07, 6.45) is 1.68. The lowest BCUT2D eigenvalue weighted by molar-refractivity contribution is -0.898. The second kappa shape index (κ2) is 8.72. The van der Waals surface area contributed by atoms with Gasteiger partial charge in [0.05, 0.1) is 45.0 Å². The van der Waals surface area contributed by atoms with E-state index in [0.29, 0.717) is 17.9 Å². The molecule has 138 valence electrons. The molecule has 1 aliphatic heterocycles. The van der Waals surface area contributed by atoms with Crippen molar-refractivity contribution in [1.29, 1.82) is 0 Å². The first-order valence-corrected chi connectivity index (χ1v) is 9.38. The average molecular weight is 354 g/mol. The van der Waals surface area contributed by atoms with Gasteiger partial charge in [-0.05, 0) is 50.2 Å². The molecule has 2 aromatic carbocycles. The molecule has 5 heteroatoms. The number of nitrogens with zero attached hydrogens (tertiary/aromatic N) is 2. The summed E-state index contributed by atoms with van der Waals surface area (Å²) in [6.45, 7) is 10.5. The van der Waals surface area contributed by atoms with E-state index in [1.54, 1.807) is 17.2 Å². The van der Waals surface area contributed by atoms with Crippen LogP contribution >= 0.6 is 0 Å². The van der Waals surface area contributed by atoms with E-state index in [9.17, 15) is 5.11 Å². The van der Waals surface area contributed by atoms with E-state index in [1.807, 2.05) is 31.2 Å². The van der Waals surface area contributed by atoms with Gasteiger partial charge in [-0.2, -0.15) is 0 Å². The number of rotatable bonds is 6. The highest BCUT2D eigenvalue weighted by Crippen LogP contribution is 2.29. The maximum Gasteiger partial charge on any atom is 0.166 e. The highest BCUT2D eigenvalue weighted by molar-refractivity contribution is 5.86. The molecule has 0 unspecified atom stereocenters. The molecule has 3 rings (SSSR count). The Bertz CT molecular complexity index is 735. The van der Waals surface area contributed by atoms with Gasteiger partial charge in [0.1, 0.15) is 0 Å². The van der Waals surface area contributed by atoms with E-state index in [0.717, 1.165) is 18.8 Å². The van der Waals surface area contributed by atoms with Gasteiger partial charge in [-0.25, -0.2) is 0 Å². The van der Waals surface area contributed by atoms with Crippen LogP contribution < -0.4 is 14.5 Å². The number of phenols is 1. The summed E-state index contributed by atoms with van der Waals surface area (Å²) >= 11 is 0. The van der Waals surface area contributed by atoms with Crippen molar-refractivity contribution in [3.8, 4) is 11.5 Å². The van der Waals surface area contributed by atoms with E-state index in [1.165, 1.54) is 25.3 Å². The Balaban J connectivity index is 1.66. The molecule has 1 saturated heterocycles. The van der Waals surface area contributed by atoms with E-state index in [-0.39, 0.29) is 5.75 Å². The summed E-state index contributed by atoms with van der Waals surface area (Å²) in [5.41, 5.74) is 2.77. The average Bonchev–Trinajstić information content (AvgIpc) is 2.69. The number of hydrogen-bond acceptors (Lipinski definition) is 4. The molecular formula is C21H28N3O2+. The standard InChI is InChI=1S/C21H27N3O2/c1-3-23-12-14-24(15-13-23)19-10-8-18(9-11-19)22-16-17-6-5-7-20(21(17)25)26-4-2/h5-11,16,25H,3-4,12-15H2,1-2H3/p+1. The van der Waals surface area contributed by atoms with Crippen LogP contribution in [0.1, 0.15) is 19.4 Å². The molecule has 0 aromatic heterocycles. The number of nitrogens with one attached hydrogen (secondary N) is 1. The second-order valence-corrected chi connectivity index (χ2v) is 6.49. The lowest BCUT2D eigenvalue weighted by atomic mass is 10.2. The lowest BCUT2D eigenvalue weighted by Crippen LogP contribution is -3.14. The number of aromatic hydroxyl groups is 1. The number of piperazine rings is 1. The van der Waals surface area contributed by atoms with Crippen LogP contribution in [0.3, 0.4) is 0 Å². The first kappa shape index (κ1) is 18.3. The van der Waals surface area contributed by atoms with E-state index in [2.05, 4.69) is 28.9 Å². The fourth-order valence-corrected chi connectivity index (χ4v) is 3.24. The van der Waals surface area contributed by atoms with Crippen molar-refractivity contribution >= 4 is 17.6 Å². The lowest BCUT2D eigenvalue weighted by Gasteiger charge is -2.33. The van der Waals surface area contributed by atoms with Gasteiger partial charge in [-0.3, -0.25) is 4.99 Å². The minimum atomic E-state index is 0.131. The number of aliphatic imine (C=N–C) groups is 1. The highest BCUT2D eigenvalue weighted by Gasteiger charge is 2.18. The molecular weight excluding hydrogens is 326 g/mol. The van der Waals surface area contributed by atoms with Crippen LogP contribution in [0.2, 0.25) is 0 Å². The first-order chi connectivity index (χ1) is 12.7. The molecule has 1 fully saturated rings. The minimum Gasteiger partial charge on any atom is -0.504 e. The Morgan fingerprint density at radius 2 is 1.85 bits per heavy atom. The maximum absolute atomic E-state index is 10.2. The topological polar surface area (TPSA) is 49.5 Å². The predicted octanol–water partition coefficient (Wildman–Crippen LogP) is 2.27. The van der Waals surface area contributed by atoms with Crippen molar-refractivity contribution in [1.82, 2.24) is 0 Å². The fourth-order valence-electron chi connectivity index (χ4n) is 3.24. The quantitative estimate of drug-likeness (QED) is 0.783. The number of anilines is 1. The summed E-state index contributed by atoms with van der Waals surface area (Å²) in [7, 11) is 0. The smallest absolute Gasteiger partial charge is 0.166 e. The predicted molar refractivity (Wildman–Crippen MR) is 106 cm³/mol. The van der Waals surface area contributed by atoms with Gasteiger partial charge in [0.25, 0.3) is 0 Å². The van der Waals surface area contributed by atoms with Gasteiger partial charge in [-0.1, -0.05) is 6.07 Å². The summed E-state index contributed by atoms with van der Waals surface area (Å²) in [4.78, 5) is 8.60. The Morgan fingerprint density at radius 3 is 2.50 bits per heavy atom. The van der Waals surface area contributed by atoms with Gasteiger partial charge < -0.3 is 19.6 Å². The summed E-state index contributed by atoms with van der Waals surface area (Å²) in [5.74, 6) is 0.617. The van der Waals surface area contributed by atoms with Gasteiger partial charge in [0, 0.05) is 17.5 Å². The molecule has 1 heterocycles. The number of ether oxygens (including phenoxy) is 1. The third-order valence-electron chi connectivity index (χ3n) is 4.87. The SMILES string of the molecule is CCOc1cccc(C=Nc2ccc(N3CC[NH+](CC)CC3)cc2)c1O. The third kappa shape index (κ3) is 4.35. The molecule has 1 aliphatic rings. The minimum absolute atomic E-state index is 0.131. The summed E-state index contributed by atoms with van der Waals surface area (Å²) in [5, 5.41) is 10.2. The van der Waals surface area contributed by atoms with Crippen molar-refractivity contribution in [2.24, 2.45) is 4.99 Å². The van der Waals surface area contributed by atoms with E-state index >= 15 is 0 Å². The van der Waals surface area contributed by atoms with E-state index < -0.39 is 0 Å². The Labute approximate surface area is 155 Å². The number of para-hydroxylation sites is 1. The van der Waals surface area contributed by atoms with Crippen LogP contribution in [0.15, 0.2) is 47.5 Å². The number of phenolic OH excluding ortho intramolecular Hbond substituents is 1. The maximum atomic E-state index is 10.2. The molecule has 0 spiro atoms. The van der Waals surface area contributed by atoms with Crippen LogP contribution in [0, 0.1) is 0 Å². The second-order valence-electron chi connectivity index (χ2n) is 6.49. The van der Waals surface area contributed by atoms with Gasteiger partial charge in [-0.15, -0.1) is 0 Å². The Hall–Kier alpha value is -2.53. The molecule has 0 atom stereocenters. The number of benzene rings is 2. The summed E-state index contributed by atoms with van der Waals surface area (Å²) in [6, 6.07) is 13.7. The number of hydrogen-bond donors (Lipinski definition) is 2. The molecule has 0 amide bonds. The zero-order valence-electron chi connectivity index (χ0n) is 15.6. The molecule has 0 saturated carbocycles. The molecule has 26 heavy (non-hydrogen) atoms. The molecule has 2 aromatic rings. The highest BCUT2D eigenvalue weighted by atomic mass is 16.5. The third-order valence-corrected chi connectivity index (χ3v) is 4.87. The Kier molecular flexibility index (Phi) is 6.12. The first-order valence-electron chi connectivity index (χ1n) is 9.38. The monoisotopic (exact) mass is 354 g/mol. The number of quaternary nitrogens is 1. The Morgan fingerprint density at radius 1 is 1.12 bits per heavy atom. The summed E-state index contributed by atoms with van der Waals surface area (Å²) < 4.78 is 5.41. The van der Waals surface area contributed by atoms with Gasteiger partial charge in [0.2, 0.25) is 0 Å². The van der Waals surface area contributed by atoms with Crippen molar-refractivity contribution in [2.45, 2.75) is 13.8 Å². The number of likely N-dealkylation sites (N-methyl/N-ethyl adjacent to an activating group) is 1. The molecule has 0 radical (unpaired) electrons. The van der Waals surface area contributed by atoms with Crippen molar-refractivity contribution in [2.75, 3.05) is 44.2 Å². The van der Waals surface area contributed by atoms with Crippen molar-refractivity contribution in [3.05, 3.63) is 48.0 Å². The van der Waals surface area contributed by atoms with Crippen LogP contribution in [-0.2, 0) is 0 Å². The van der Waals surface area contributed by atoms with E-state index in [4.69, 9.17) is 4.74 Å². The van der Waals surface area contributed by atoms with Gasteiger partial charge >= 0.3 is 0 Å². The van der Waals surface area contributed by atoms with Crippen LogP contribution in [-0.4, -0.2) is 50.7 Å². The fraction of sp³-hybridized carbons (Fsp3) is 0.381. The normalized spacial score (nSPS) is 15.5. The van der Waals surface area contributed by atoms with Crippen molar-refractivity contribution in [3.63, 3.8) is 0 Å². The largest absolute Gasteiger partial charge is 0.504 e. The zero-order chi connectivity index (χ0) is 18.4. The van der Waals surface area contributed by atoms with Crippen LogP contribution in [0.4, 0.5) is 11.4 Å². The van der Waals surface area contributed by atoms with Crippen LogP contribution in [0.5, 0.6) is 11.5 Å². The van der Waals surface area contributed by atoms with Crippen molar-refractivity contribution < 1.29 is 14.7 Å².